The summed E-state index contributed by atoms with van der Waals surface area (Å²) in [7, 11) is 4.68. The molecule has 1 N–H and O–H groups in total. The molecule has 0 fully saturated rings. The van der Waals surface area contributed by atoms with Crippen LogP contribution in [0.2, 0.25) is 0 Å². The smallest absolute Gasteiger partial charge is 0.164 e. The van der Waals surface area contributed by atoms with Gasteiger partial charge in [0.25, 0.3) is 0 Å². The van der Waals surface area contributed by atoms with E-state index in [0.29, 0.717) is 23.9 Å². The molecular formula is C13H20O5. The molecule has 1 aromatic rings. The number of methoxy groups -OCH3 is 3. The molecule has 0 saturated heterocycles. The first-order valence-electron chi connectivity index (χ1n) is 5.74. The summed E-state index contributed by atoms with van der Waals surface area (Å²) in [4.78, 5) is 0. The Bertz CT molecular complexity index is 378. The number of rotatable bonds is 7. The molecule has 0 spiro atoms. The zero-order valence-corrected chi connectivity index (χ0v) is 11.2. The zero-order chi connectivity index (χ0) is 13.5. The Labute approximate surface area is 107 Å². The Morgan fingerprint density at radius 3 is 2.00 bits per heavy atom. The van der Waals surface area contributed by atoms with Crippen molar-refractivity contribution in [1.29, 1.82) is 0 Å². The van der Waals surface area contributed by atoms with Crippen LogP contribution in [0.5, 0.6) is 17.2 Å². The predicted octanol–water partition coefficient (Wildman–Crippen LogP) is 1.78. The van der Waals surface area contributed by atoms with Gasteiger partial charge in [-0.1, -0.05) is 0 Å². The molecule has 1 atom stereocenters. The van der Waals surface area contributed by atoms with Gasteiger partial charge in [0.05, 0.1) is 27.9 Å². The van der Waals surface area contributed by atoms with Crippen molar-refractivity contribution in [3.63, 3.8) is 0 Å². The van der Waals surface area contributed by atoms with Crippen LogP contribution in [-0.2, 0) is 4.74 Å². The van der Waals surface area contributed by atoms with Crippen molar-refractivity contribution in [3.05, 3.63) is 17.7 Å². The minimum atomic E-state index is -0.440. The fraction of sp³-hybridized carbons (Fsp3) is 0.538. The number of hydrogen-bond acceptors (Lipinski definition) is 5. The molecule has 0 saturated carbocycles. The van der Waals surface area contributed by atoms with Crippen LogP contribution in [0, 0.1) is 0 Å². The number of hydrogen-bond donors (Lipinski definition) is 1. The molecule has 1 rings (SSSR count). The number of aliphatic hydroxyl groups is 1. The van der Waals surface area contributed by atoms with Crippen LogP contribution in [0.15, 0.2) is 12.1 Å². The molecule has 102 valence electrons. The Kier molecular flexibility index (Phi) is 5.74. The average molecular weight is 256 g/mol. The highest BCUT2D eigenvalue weighted by Gasteiger charge is 2.19. The fourth-order valence-electron chi connectivity index (χ4n) is 1.75. The van der Waals surface area contributed by atoms with Gasteiger partial charge in [-0.15, -0.1) is 0 Å². The third-order valence-corrected chi connectivity index (χ3v) is 2.62. The summed E-state index contributed by atoms with van der Waals surface area (Å²) in [6, 6.07) is 3.48. The molecule has 5 heteroatoms. The number of aliphatic hydroxyl groups excluding tert-OH is 1. The molecule has 0 bridgehead atoms. The lowest BCUT2D eigenvalue weighted by Gasteiger charge is -2.20. The van der Waals surface area contributed by atoms with Gasteiger partial charge in [-0.3, -0.25) is 0 Å². The van der Waals surface area contributed by atoms with E-state index in [1.807, 2.05) is 6.92 Å². The summed E-state index contributed by atoms with van der Waals surface area (Å²) >= 11 is 0. The van der Waals surface area contributed by atoms with Crippen molar-refractivity contribution >= 4 is 0 Å². The average Bonchev–Trinajstić information content (AvgIpc) is 2.43. The van der Waals surface area contributed by atoms with E-state index in [9.17, 15) is 5.11 Å². The molecule has 1 unspecified atom stereocenters. The molecule has 0 amide bonds. The number of benzene rings is 1. The van der Waals surface area contributed by atoms with Gasteiger partial charge in [0.2, 0.25) is 0 Å². The van der Waals surface area contributed by atoms with Gasteiger partial charge < -0.3 is 24.1 Å². The highest BCUT2D eigenvalue weighted by atomic mass is 16.5. The molecule has 0 aromatic heterocycles. The SMILES string of the molecule is CCOC(CO)c1cc(OC)c(OC)cc1OC. The monoisotopic (exact) mass is 256 g/mol. The van der Waals surface area contributed by atoms with Gasteiger partial charge in [-0.2, -0.15) is 0 Å². The molecular weight excluding hydrogens is 236 g/mol. The minimum Gasteiger partial charge on any atom is -0.496 e. The van der Waals surface area contributed by atoms with Gasteiger partial charge in [0, 0.05) is 18.2 Å². The van der Waals surface area contributed by atoms with Gasteiger partial charge in [0.1, 0.15) is 11.9 Å². The summed E-state index contributed by atoms with van der Waals surface area (Å²) in [6.07, 6.45) is -0.440. The Morgan fingerprint density at radius 1 is 1.00 bits per heavy atom. The van der Waals surface area contributed by atoms with Crippen LogP contribution in [0.3, 0.4) is 0 Å². The normalized spacial score (nSPS) is 12.1. The zero-order valence-electron chi connectivity index (χ0n) is 11.2. The van der Waals surface area contributed by atoms with Gasteiger partial charge in [-0.25, -0.2) is 0 Å². The summed E-state index contributed by atoms with van der Waals surface area (Å²) in [5, 5.41) is 9.37. The molecule has 0 aliphatic carbocycles. The molecule has 0 aliphatic heterocycles. The van der Waals surface area contributed by atoms with E-state index < -0.39 is 6.10 Å². The standard InChI is InChI=1S/C13H20O5/c1-5-18-13(8-14)9-6-11(16-3)12(17-4)7-10(9)15-2/h6-7,13-14H,5,8H2,1-4H3. The van der Waals surface area contributed by atoms with E-state index in [4.69, 9.17) is 18.9 Å². The molecule has 18 heavy (non-hydrogen) atoms. The van der Waals surface area contributed by atoms with Crippen molar-refractivity contribution in [2.75, 3.05) is 34.5 Å². The van der Waals surface area contributed by atoms with E-state index >= 15 is 0 Å². The second-order valence-corrected chi connectivity index (χ2v) is 3.58. The summed E-state index contributed by atoms with van der Waals surface area (Å²) in [6.45, 7) is 2.25. The van der Waals surface area contributed by atoms with E-state index in [0.717, 1.165) is 5.56 Å². The van der Waals surface area contributed by atoms with Crippen LogP contribution in [0.25, 0.3) is 0 Å². The van der Waals surface area contributed by atoms with Gasteiger partial charge in [0.15, 0.2) is 11.5 Å². The Hall–Kier alpha value is -1.46. The summed E-state index contributed by atoms with van der Waals surface area (Å²) in [5.41, 5.74) is 0.736. The highest BCUT2D eigenvalue weighted by Crippen LogP contribution is 2.38. The fourth-order valence-corrected chi connectivity index (χ4v) is 1.75. The van der Waals surface area contributed by atoms with Crippen LogP contribution in [-0.4, -0.2) is 39.6 Å². The third kappa shape index (κ3) is 3.05. The first-order valence-corrected chi connectivity index (χ1v) is 5.74. The lowest BCUT2D eigenvalue weighted by Crippen LogP contribution is -2.11. The van der Waals surface area contributed by atoms with Crippen LogP contribution in [0.4, 0.5) is 0 Å². The third-order valence-electron chi connectivity index (χ3n) is 2.62. The van der Waals surface area contributed by atoms with Crippen molar-refractivity contribution in [2.24, 2.45) is 0 Å². The number of ether oxygens (including phenoxy) is 4. The maximum Gasteiger partial charge on any atom is 0.164 e. The molecule has 1 aromatic carbocycles. The van der Waals surface area contributed by atoms with Crippen molar-refractivity contribution in [3.8, 4) is 17.2 Å². The van der Waals surface area contributed by atoms with Crippen molar-refractivity contribution < 1.29 is 24.1 Å². The van der Waals surface area contributed by atoms with Crippen molar-refractivity contribution in [2.45, 2.75) is 13.0 Å². The van der Waals surface area contributed by atoms with Crippen LogP contribution in [0.1, 0.15) is 18.6 Å². The highest BCUT2D eigenvalue weighted by molar-refractivity contribution is 5.51. The maximum atomic E-state index is 9.37. The van der Waals surface area contributed by atoms with Crippen molar-refractivity contribution in [1.82, 2.24) is 0 Å². The maximum absolute atomic E-state index is 9.37. The lowest BCUT2D eigenvalue weighted by atomic mass is 10.1. The van der Waals surface area contributed by atoms with Gasteiger partial charge >= 0.3 is 0 Å². The summed E-state index contributed by atoms with van der Waals surface area (Å²) in [5.74, 6) is 1.75. The van der Waals surface area contributed by atoms with Crippen LogP contribution < -0.4 is 14.2 Å². The minimum absolute atomic E-state index is 0.125. The molecule has 5 nitrogen and oxygen atoms in total. The second-order valence-electron chi connectivity index (χ2n) is 3.58. The van der Waals surface area contributed by atoms with Gasteiger partial charge in [-0.05, 0) is 13.0 Å². The Morgan fingerprint density at radius 2 is 1.56 bits per heavy atom. The summed E-state index contributed by atoms with van der Waals surface area (Å²) < 4.78 is 21.2. The Balaban J connectivity index is 3.23. The lowest BCUT2D eigenvalue weighted by molar-refractivity contribution is 0.0174. The van der Waals surface area contributed by atoms with E-state index in [1.165, 1.54) is 0 Å². The predicted molar refractivity (Wildman–Crippen MR) is 67.6 cm³/mol. The molecule has 0 radical (unpaired) electrons. The second kappa shape index (κ2) is 7.08. The molecule has 0 heterocycles. The first-order chi connectivity index (χ1) is 8.71. The quantitative estimate of drug-likeness (QED) is 0.806. The van der Waals surface area contributed by atoms with E-state index in [1.54, 1.807) is 33.5 Å². The first kappa shape index (κ1) is 14.6. The molecule has 0 aliphatic rings. The van der Waals surface area contributed by atoms with Crippen LogP contribution >= 0.6 is 0 Å². The van der Waals surface area contributed by atoms with E-state index in [-0.39, 0.29) is 6.61 Å². The van der Waals surface area contributed by atoms with E-state index in [2.05, 4.69) is 0 Å². The largest absolute Gasteiger partial charge is 0.496 e. The topological polar surface area (TPSA) is 57.2 Å².